The summed E-state index contributed by atoms with van der Waals surface area (Å²) in [6, 6.07) is 3.78. The van der Waals surface area contributed by atoms with Crippen LogP contribution in [0.15, 0.2) is 16.5 Å². The van der Waals surface area contributed by atoms with Crippen molar-refractivity contribution in [2.45, 2.75) is 33.9 Å². The van der Waals surface area contributed by atoms with Crippen LogP contribution < -0.4 is 0 Å². The Hall–Kier alpha value is -2.48. The highest BCUT2D eigenvalue weighted by molar-refractivity contribution is 7.17. The van der Waals surface area contributed by atoms with Gasteiger partial charge in [-0.3, -0.25) is 4.79 Å². The van der Waals surface area contributed by atoms with Gasteiger partial charge in [-0.25, -0.2) is 4.98 Å². The van der Waals surface area contributed by atoms with Gasteiger partial charge in [0.25, 0.3) is 5.91 Å². The van der Waals surface area contributed by atoms with Crippen molar-refractivity contribution < 1.29 is 9.21 Å². The molecule has 3 aromatic rings. The highest BCUT2D eigenvalue weighted by atomic mass is 32.1. The monoisotopic (exact) mass is 343 g/mol. The van der Waals surface area contributed by atoms with Gasteiger partial charge < -0.3 is 13.9 Å². The van der Waals surface area contributed by atoms with Crippen LogP contribution in [0.5, 0.6) is 0 Å². The number of aryl methyl sites for hydroxylation is 3. The van der Waals surface area contributed by atoms with Gasteiger partial charge in [-0.15, -0.1) is 21.5 Å². The average Bonchev–Trinajstić information content (AvgIpc) is 3.26. The van der Waals surface area contributed by atoms with Crippen LogP contribution in [-0.2, 0) is 13.1 Å². The van der Waals surface area contributed by atoms with Crippen molar-refractivity contribution in [1.29, 1.82) is 0 Å². The van der Waals surface area contributed by atoms with E-state index in [1.807, 2.05) is 32.9 Å². The predicted octanol–water partition coefficient (Wildman–Crippen LogP) is 2.58. The Morgan fingerprint density at radius 2 is 2.04 bits per heavy atom. The summed E-state index contributed by atoms with van der Waals surface area (Å²) in [7, 11) is 0. The molecule has 0 saturated heterocycles. The van der Waals surface area contributed by atoms with Gasteiger partial charge in [0.2, 0.25) is 0 Å². The SMILES string of the molecule is Cc1ccc(-c2nc(C)c(C(=O)N3CCn4c(C)nnc4C3)s2)o1. The van der Waals surface area contributed by atoms with Crippen molar-refractivity contribution in [2.75, 3.05) is 6.54 Å². The first-order valence-electron chi connectivity index (χ1n) is 7.75. The zero-order valence-electron chi connectivity index (χ0n) is 13.7. The van der Waals surface area contributed by atoms with Crippen molar-refractivity contribution in [1.82, 2.24) is 24.6 Å². The molecule has 4 rings (SSSR count). The molecule has 124 valence electrons. The quantitative estimate of drug-likeness (QED) is 0.715. The van der Waals surface area contributed by atoms with E-state index in [-0.39, 0.29) is 5.91 Å². The Bertz CT molecular complexity index is 923. The Balaban J connectivity index is 1.60. The minimum absolute atomic E-state index is 0.00793. The first kappa shape index (κ1) is 15.1. The maximum Gasteiger partial charge on any atom is 0.266 e. The second-order valence-corrected chi connectivity index (χ2v) is 6.88. The van der Waals surface area contributed by atoms with E-state index in [1.54, 1.807) is 4.90 Å². The number of amides is 1. The molecular weight excluding hydrogens is 326 g/mol. The lowest BCUT2D eigenvalue weighted by atomic mass is 10.3. The summed E-state index contributed by atoms with van der Waals surface area (Å²) in [6.45, 7) is 7.53. The van der Waals surface area contributed by atoms with Crippen LogP contribution in [0.1, 0.15) is 32.8 Å². The molecule has 8 heteroatoms. The smallest absolute Gasteiger partial charge is 0.266 e. The third kappa shape index (κ3) is 2.43. The van der Waals surface area contributed by atoms with Gasteiger partial charge in [0.15, 0.2) is 16.6 Å². The van der Waals surface area contributed by atoms with E-state index in [9.17, 15) is 4.79 Å². The van der Waals surface area contributed by atoms with Gasteiger partial charge in [-0.05, 0) is 32.9 Å². The maximum atomic E-state index is 12.9. The minimum atomic E-state index is -0.00793. The lowest BCUT2D eigenvalue weighted by molar-refractivity contribution is 0.0710. The number of furan rings is 1. The summed E-state index contributed by atoms with van der Waals surface area (Å²) in [4.78, 5) is 19.9. The first-order chi connectivity index (χ1) is 11.5. The molecule has 24 heavy (non-hydrogen) atoms. The van der Waals surface area contributed by atoms with Gasteiger partial charge >= 0.3 is 0 Å². The van der Waals surface area contributed by atoms with Gasteiger partial charge in [0.1, 0.15) is 16.5 Å². The lowest BCUT2D eigenvalue weighted by Gasteiger charge is -2.27. The number of hydrogen-bond acceptors (Lipinski definition) is 6. The molecule has 1 aliphatic rings. The van der Waals surface area contributed by atoms with E-state index in [1.165, 1.54) is 11.3 Å². The summed E-state index contributed by atoms with van der Waals surface area (Å²) in [5, 5.41) is 8.97. The normalized spacial score (nSPS) is 14.0. The second kappa shape index (κ2) is 5.55. The van der Waals surface area contributed by atoms with Gasteiger partial charge in [0, 0.05) is 13.1 Å². The molecule has 0 bridgehead atoms. The zero-order valence-corrected chi connectivity index (χ0v) is 14.6. The summed E-state index contributed by atoms with van der Waals surface area (Å²) >= 11 is 1.38. The fourth-order valence-corrected chi connectivity index (χ4v) is 3.87. The second-order valence-electron chi connectivity index (χ2n) is 5.89. The fraction of sp³-hybridized carbons (Fsp3) is 0.375. The molecular formula is C16H17N5O2S. The standard InChI is InChI=1S/C16H17N5O2S/c1-9-4-5-12(23-9)15-17-10(2)14(24-15)16(22)20-6-7-21-11(3)18-19-13(21)8-20/h4-5H,6-8H2,1-3H3. The van der Waals surface area contributed by atoms with Crippen LogP contribution in [0.3, 0.4) is 0 Å². The Morgan fingerprint density at radius 1 is 1.21 bits per heavy atom. The largest absolute Gasteiger partial charge is 0.459 e. The van der Waals surface area contributed by atoms with Crippen molar-refractivity contribution in [3.05, 3.63) is 40.1 Å². The summed E-state index contributed by atoms with van der Waals surface area (Å²) in [5.74, 6) is 3.24. The molecule has 3 aromatic heterocycles. The predicted molar refractivity (Wildman–Crippen MR) is 88.8 cm³/mol. The Kier molecular flexibility index (Phi) is 3.49. The molecule has 0 fully saturated rings. The molecule has 0 saturated carbocycles. The van der Waals surface area contributed by atoms with Crippen molar-refractivity contribution in [3.63, 3.8) is 0 Å². The van der Waals surface area contributed by atoms with Crippen molar-refractivity contribution in [3.8, 4) is 10.8 Å². The number of fused-ring (bicyclic) bond motifs is 1. The van der Waals surface area contributed by atoms with Gasteiger partial charge in [0.05, 0.1) is 12.2 Å². The number of nitrogens with zero attached hydrogens (tertiary/aromatic N) is 5. The van der Waals surface area contributed by atoms with Crippen molar-refractivity contribution >= 4 is 17.2 Å². The number of carbonyl (C=O) groups is 1. The topological polar surface area (TPSA) is 77.1 Å². The molecule has 0 unspecified atom stereocenters. The van der Waals surface area contributed by atoms with E-state index in [4.69, 9.17) is 4.42 Å². The molecule has 1 amide bonds. The van der Waals surface area contributed by atoms with Gasteiger partial charge in [-0.2, -0.15) is 0 Å². The molecule has 0 spiro atoms. The van der Waals surface area contributed by atoms with E-state index >= 15 is 0 Å². The highest BCUT2D eigenvalue weighted by Crippen LogP contribution is 2.30. The fourth-order valence-electron chi connectivity index (χ4n) is 2.87. The Labute approximate surface area is 142 Å². The van der Waals surface area contributed by atoms with Crippen LogP contribution in [0.2, 0.25) is 0 Å². The Morgan fingerprint density at radius 3 is 2.79 bits per heavy atom. The van der Waals surface area contributed by atoms with E-state index in [0.29, 0.717) is 23.7 Å². The number of hydrogen-bond donors (Lipinski definition) is 0. The molecule has 0 N–H and O–H groups in total. The highest BCUT2D eigenvalue weighted by Gasteiger charge is 2.27. The molecule has 1 aliphatic heterocycles. The zero-order chi connectivity index (χ0) is 16.8. The van der Waals surface area contributed by atoms with Gasteiger partial charge in [-0.1, -0.05) is 0 Å². The number of aromatic nitrogens is 4. The summed E-state index contributed by atoms with van der Waals surface area (Å²) < 4.78 is 7.67. The molecule has 7 nitrogen and oxygen atoms in total. The van der Waals surface area contributed by atoms with Crippen LogP contribution in [0.25, 0.3) is 10.8 Å². The van der Waals surface area contributed by atoms with Crippen molar-refractivity contribution in [2.24, 2.45) is 0 Å². The minimum Gasteiger partial charge on any atom is -0.459 e. The average molecular weight is 343 g/mol. The van der Waals surface area contributed by atoms with Crippen LogP contribution in [0.4, 0.5) is 0 Å². The summed E-state index contributed by atoms with van der Waals surface area (Å²) in [6.07, 6.45) is 0. The number of thiazole rings is 1. The molecule has 4 heterocycles. The van der Waals surface area contributed by atoms with Crippen LogP contribution in [-0.4, -0.2) is 37.1 Å². The third-order valence-electron chi connectivity index (χ3n) is 4.17. The van der Waals surface area contributed by atoms with Crippen LogP contribution >= 0.6 is 11.3 Å². The van der Waals surface area contributed by atoms with E-state index < -0.39 is 0 Å². The first-order valence-corrected chi connectivity index (χ1v) is 8.57. The number of rotatable bonds is 2. The molecule has 0 atom stereocenters. The maximum absolute atomic E-state index is 12.9. The third-order valence-corrected chi connectivity index (χ3v) is 5.33. The van der Waals surface area contributed by atoms with E-state index in [2.05, 4.69) is 19.7 Å². The molecule has 0 radical (unpaired) electrons. The van der Waals surface area contributed by atoms with E-state index in [0.717, 1.165) is 34.7 Å². The van der Waals surface area contributed by atoms with Crippen LogP contribution in [0, 0.1) is 20.8 Å². The lowest BCUT2D eigenvalue weighted by Crippen LogP contribution is -2.38. The molecule has 0 aromatic carbocycles. The number of carbonyl (C=O) groups excluding carboxylic acids is 1. The summed E-state index contributed by atoms with van der Waals surface area (Å²) in [5.41, 5.74) is 0.734. The molecule has 0 aliphatic carbocycles.